The lowest BCUT2D eigenvalue weighted by molar-refractivity contribution is -0.383. The Bertz CT molecular complexity index is 720. The molecule has 2 aliphatic heterocycles. The fraction of sp³-hybridized carbons (Fsp3) is 0.312. The summed E-state index contributed by atoms with van der Waals surface area (Å²) < 4.78 is 0. The second-order valence-electron chi connectivity index (χ2n) is 6.11. The predicted octanol–water partition coefficient (Wildman–Crippen LogP) is 2.07. The number of benzene rings is 1. The molecule has 0 saturated carbocycles. The van der Waals surface area contributed by atoms with Crippen molar-refractivity contribution in [2.45, 2.75) is 0 Å². The van der Waals surface area contributed by atoms with Crippen LogP contribution in [0.25, 0.3) is 11.1 Å². The normalized spacial score (nSPS) is 18.6. The van der Waals surface area contributed by atoms with Crippen molar-refractivity contribution in [2.24, 2.45) is 5.41 Å². The molecule has 1 N–H and O–H groups in total. The quantitative estimate of drug-likeness (QED) is 0.693. The van der Waals surface area contributed by atoms with Crippen LogP contribution in [0.1, 0.15) is 0 Å². The second-order valence-corrected chi connectivity index (χ2v) is 6.11. The molecule has 3 heterocycles. The van der Waals surface area contributed by atoms with Gasteiger partial charge in [-0.2, -0.15) is 0 Å². The Hall–Kier alpha value is -2.47. The van der Waals surface area contributed by atoms with Gasteiger partial charge < -0.3 is 10.2 Å². The van der Waals surface area contributed by atoms with Crippen LogP contribution in [-0.2, 0) is 0 Å². The SMILES string of the molecule is O=[N+]([O-])c1c(-c2ccccc2)ccnc1N1CC2(CNC2)C1. The van der Waals surface area contributed by atoms with E-state index >= 15 is 0 Å². The van der Waals surface area contributed by atoms with Crippen LogP contribution >= 0.6 is 0 Å². The van der Waals surface area contributed by atoms with E-state index in [0.29, 0.717) is 16.8 Å². The number of hydrogen-bond donors (Lipinski definition) is 1. The van der Waals surface area contributed by atoms with E-state index in [0.717, 1.165) is 31.7 Å². The van der Waals surface area contributed by atoms with Gasteiger partial charge in [0.2, 0.25) is 5.82 Å². The molecule has 6 heteroatoms. The molecule has 6 nitrogen and oxygen atoms in total. The molecule has 22 heavy (non-hydrogen) atoms. The van der Waals surface area contributed by atoms with Gasteiger partial charge in [-0.05, 0) is 11.6 Å². The molecule has 1 spiro atoms. The maximum Gasteiger partial charge on any atom is 0.319 e. The molecule has 0 unspecified atom stereocenters. The molecular formula is C16H16N4O2. The molecule has 2 aromatic rings. The van der Waals surface area contributed by atoms with Gasteiger partial charge in [0, 0.05) is 37.8 Å². The summed E-state index contributed by atoms with van der Waals surface area (Å²) in [4.78, 5) is 17.6. The first kappa shape index (κ1) is 13.2. The van der Waals surface area contributed by atoms with Gasteiger partial charge in [-0.15, -0.1) is 0 Å². The largest absolute Gasteiger partial charge is 0.349 e. The lowest BCUT2D eigenvalue weighted by Crippen LogP contribution is -2.71. The second kappa shape index (κ2) is 4.78. The van der Waals surface area contributed by atoms with E-state index in [9.17, 15) is 10.1 Å². The predicted molar refractivity (Wildman–Crippen MR) is 83.8 cm³/mol. The van der Waals surface area contributed by atoms with Crippen LogP contribution in [0.3, 0.4) is 0 Å². The number of nitro groups is 1. The van der Waals surface area contributed by atoms with Gasteiger partial charge in [0.15, 0.2) is 0 Å². The highest BCUT2D eigenvalue weighted by molar-refractivity contribution is 5.80. The first-order valence-corrected chi connectivity index (χ1v) is 7.33. The van der Waals surface area contributed by atoms with E-state index in [-0.39, 0.29) is 10.6 Å². The third-order valence-corrected chi connectivity index (χ3v) is 4.52. The van der Waals surface area contributed by atoms with Crippen molar-refractivity contribution in [3.63, 3.8) is 0 Å². The van der Waals surface area contributed by atoms with Gasteiger partial charge in [-0.3, -0.25) is 10.1 Å². The van der Waals surface area contributed by atoms with Gasteiger partial charge >= 0.3 is 5.69 Å². The molecule has 0 amide bonds. The highest BCUT2D eigenvalue weighted by Crippen LogP contribution is 2.43. The molecule has 1 aromatic carbocycles. The Morgan fingerprint density at radius 1 is 1.18 bits per heavy atom. The first-order valence-electron chi connectivity index (χ1n) is 7.33. The molecule has 2 fully saturated rings. The minimum atomic E-state index is -0.311. The van der Waals surface area contributed by atoms with E-state index in [1.807, 2.05) is 35.2 Å². The zero-order valence-electron chi connectivity index (χ0n) is 12.0. The lowest BCUT2D eigenvalue weighted by Gasteiger charge is -2.56. The van der Waals surface area contributed by atoms with Crippen LogP contribution in [0, 0.1) is 15.5 Å². The lowest BCUT2D eigenvalue weighted by atomic mass is 9.74. The van der Waals surface area contributed by atoms with Crippen LogP contribution in [0.5, 0.6) is 0 Å². The number of pyridine rings is 1. The number of nitrogens with one attached hydrogen (secondary N) is 1. The van der Waals surface area contributed by atoms with Crippen LogP contribution < -0.4 is 10.2 Å². The molecule has 2 saturated heterocycles. The third-order valence-electron chi connectivity index (χ3n) is 4.52. The summed E-state index contributed by atoms with van der Waals surface area (Å²) in [5.74, 6) is 0.490. The number of anilines is 1. The molecule has 0 aliphatic carbocycles. The van der Waals surface area contributed by atoms with E-state index < -0.39 is 0 Å². The summed E-state index contributed by atoms with van der Waals surface area (Å²) in [5.41, 5.74) is 1.88. The third kappa shape index (κ3) is 1.95. The topological polar surface area (TPSA) is 71.3 Å². The average Bonchev–Trinajstić information content (AvgIpc) is 2.45. The van der Waals surface area contributed by atoms with Crippen molar-refractivity contribution in [3.8, 4) is 11.1 Å². The zero-order chi connectivity index (χ0) is 15.2. The molecule has 112 valence electrons. The number of hydrogen-bond acceptors (Lipinski definition) is 5. The average molecular weight is 296 g/mol. The van der Waals surface area contributed by atoms with E-state index in [2.05, 4.69) is 10.3 Å². The zero-order valence-corrected chi connectivity index (χ0v) is 12.0. The molecular weight excluding hydrogens is 280 g/mol. The summed E-state index contributed by atoms with van der Waals surface area (Å²) in [6.07, 6.45) is 1.66. The van der Waals surface area contributed by atoms with Crippen molar-refractivity contribution in [1.29, 1.82) is 0 Å². The fourth-order valence-corrected chi connectivity index (χ4v) is 3.32. The van der Waals surface area contributed by atoms with Gasteiger partial charge in [0.05, 0.1) is 10.5 Å². The Morgan fingerprint density at radius 3 is 2.50 bits per heavy atom. The molecule has 2 aliphatic rings. The van der Waals surface area contributed by atoms with Crippen LogP contribution in [0.2, 0.25) is 0 Å². The number of aromatic nitrogens is 1. The Kier molecular flexibility index (Phi) is 2.87. The van der Waals surface area contributed by atoms with Crippen LogP contribution in [0.15, 0.2) is 42.6 Å². The van der Waals surface area contributed by atoms with E-state index in [4.69, 9.17) is 0 Å². The van der Waals surface area contributed by atoms with Crippen molar-refractivity contribution in [3.05, 3.63) is 52.7 Å². The smallest absolute Gasteiger partial charge is 0.319 e. The Labute approximate surface area is 127 Å². The summed E-state index contributed by atoms with van der Waals surface area (Å²) in [6, 6.07) is 11.2. The van der Waals surface area contributed by atoms with Gasteiger partial charge in [0.25, 0.3) is 0 Å². The molecule has 0 bridgehead atoms. The maximum absolute atomic E-state index is 11.6. The van der Waals surface area contributed by atoms with Crippen LogP contribution in [0.4, 0.5) is 11.5 Å². The van der Waals surface area contributed by atoms with E-state index in [1.54, 1.807) is 12.3 Å². The Morgan fingerprint density at radius 2 is 1.91 bits per heavy atom. The minimum Gasteiger partial charge on any atom is -0.349 e. The molecule has 0 radical (unpaired) electrons. The highest BCUT2D eigenvalue weighted by atomic mass is 16.6. The minimum absolute atomic E-state index is 0.107. The maximum atomic E-state index is 11.6. The molecule has 1 aromatic heterocycles. The van der Waals surface area contributed by atoms with Crippen molar-refractivity contribution in [1.82, 2.24) is 10.3 Å². The fourth-order valence-electron chi connectivity index (χ4n) is 3.32. The number of rotatable bonds is 3. The molecule has 0 atom stereocenters. The summed E-state index contributed by atoms with van der Waals surface area (Å²) in [5, 5.41) is 14.9. The summed E-state index contributed by atoms with van der Waals surface area (Å²) in [6.45, 7) is 3.67. The summed E-state index contributed by atoms with van der Waals surface area (Å²) in [7, 11) is 0. The number of nitrogens with zero attached hydrogens (tertiary/aromatic N) is 3. The van der Waals surface area contributed by atoms with Gasteiger partial charge in [-0.1, -0.05) is 30.3 Å². The monoisotopic (exact) mass is 296 g/mol. The highest BCUT2D eigenvalue weighted by Gasteiger charge is 2.49. The van der Waals surface area contributed by atoms with Crippen molar-refractivity contribution >= 4 is 11.5 Å². The molecule has 4 rings (SSSR count). The standard InChI is InChI=1S/C16H16N4O2/c21-20(22)14-13(12-4-2-1-3-5-12)6-7-18-15(14)19-10-16(11-19)8-17-9-16/h1-7,17H,8-11H2. The van der Waals surface area contributed by atoms with Crippen molar-refractivity contribution < 1.29 is 4.92 Å². The Balaban J connectivity index is 1.74. The van der Waals surface area contributed by atoms with E-state index in [1.165, 1.54) is 0 Å². The van der Waals surface area contributed by atoms with Crippen LogP contribution in [-0.4, -0.2) is 36.1 Å². The van der Waals surface area contributed by atoms with Gasteiger partial charge in [-0.25, -0.2) is 4.98 Å². The first-order chi connectivity index (χ1) is 10.7. The summed E-state index contributed by atoms with van der Waals surface area (Å²) >= 11 is 0. The van der Waals surface area contributed by atoms with Crippen molar-refractivity contribution in [2.75, 3.05) is 31.1 Å². The van der Waals surface area contributed by atoms with Gasteiger partial charge in [0.1, 0.15) is 0 Å².